The Morgan fingerprint density at radius 3 is 2.21 bits per heavy atom. The Morgan fingerprint density at radius 1 is 1.17 bits per heavy atom. The van der Waals surface area contributed by atoms with Crippen LogP contribution in [-0.2, 0) is 21.0 Å². The summed E-state index contributed by atoms with van der Waals surface area (Å²) < 4.78 is 59.4. The summed E-state index contributed by atoms with van der Waals surface area (Å²) in [5.74, 6) is -7.70. The number of carbonyl (C=O) groups excluding carboxylic acids is 1. The van der Waals surface area contributed by atoms with Crippen molar-refractivity contribution >= 4 is 12.2 Å². The molecule has 1 fully saturated rings. The average Bonchev–Trinajstić information content (AvgIpc) is 3.09. The number of halogens is 4. The third-order valence-corrected chi connectivity index (χ3v) is 4.42. The zero-order valence-electron chi connectivity index (χ0n) is 13.6. The van der Waals surface area contributed by atoms with Crippen molar-refractivity contribution in [1.29, 1.82) is 0 Å². The topological polar surface area (TPSA) is 47.9 Å². The molecule has 1 saturated carbocycles. The molecule has 0 aliphatic heterocycles. The molecule has 132 valence electrons. The number of carbonyl (C=O) groups is 1. The molecule has 2 rings (SSSR count). The Balaban J connectivity index is 2.13. The van der Waals surface area contributed by atoms with E-state index in [2.05, 4.69) is 9.99 Å². The third-order valence-electron chi connectivity index (χ3n) is 4.42. The van der Waals surface area contributed by atoms with Crippen molar-refractivity contribution in [1.82, 2.24) is 0 Å². The second-order valence-electron chi connectivity index (χ2n) is 6.23. The second-order valence-corrected chi connectivity index (χ2v) is 6.23. The molecule has 0 spiro atoms. The van der Waals surface area contributed by atoms with Gasteiger partial charge in [0, 0.05) is 17.7 Å². The van der Waals surface area contributed by atoms with Gasteiger partial charge in [-0.2, -0.15) is 0 Å². The summed E-state index contributed by atoms with van der Waals surface area (Å²) >= 11 is 0. The van der Waals surface area contributed by atoms with Gasteiger partial charge in [0.05, 0.1) is 11.5 Å². The SMILES string of the molecule is CO/N=C\[C@@H]1[C@@H](C(=O)OCc2c(F)c(F)c(C)c(F)c2F)C1(C)C. The van der Waals surface area contributed by atoms with Crippen LogP contribution in [0, 0.1) is 47.4 Å². The van der Waals surface area contributed by atoms with E-state index in [9.17, 15) is 22.4 Å². The van der Waals surface area contributed by atoms with Gasteiger partial charge >= 0.3 is 5.97 Å². The molecule has 0 amide bonds. The lowest BCUT2D eigenvalue weighted by Gasteiger charge is -2.10. The molecule has 24 heavy (non-hydrogen) atoms. The summed E-state index contributed by atoms with van der Waals surface area (Å²) in [5.41, 5.74) is -2.18. The van der Waals surface area contributed by atoms with E-state index in [1.54, 1.807) is 13.8 Å². The molecule has 1 aromatic carbocycles. The molecular weight excluding hydrogens is 330 g/mol. The summed E-state index contributed by atoms with van der Waals surface area (Å²) in [6.07, 6.45) is 1.44. The highest BCUT2D eigenvalue weighted by atomic mass is 19.2. The Morgan fingerprint density at radius 2 is 1.71 bits per heavy atom. The first-order valence-electron chi connectivity index (χ1n) is 7.19. The minimum Gasteiger partial charge on any atom is -0.460 e. The Hall–Kier alpha value is -2.12. The second kappa shape index (κ2) is 6.41. The maximum atomic E-state index is 13.8. The van der Waals surface area contributed by atoms with Crippen molar-refractivity contribution in [3.8, 4) is 0 Å². The van der Waals surface area contributed by atoms with Crippen molar-refractivity contribution in [2.24, 2.45) is 22.4 Å². The zero-order valence-corrected chi connectivity index (χ0v) is 13.6. The number of ether oxygens (including phenoxy) is 1. The molecule has 0 aromatic heterocycles. The first-order valence-corrected chi connectivity index (χ1v) is 7.19. The summed E-state index contributed by atoms with van der Waals surface area (Å²) in [5, 5.41) is 3.59. The third kappa shape index (κ3) is 2.97. The quantitative estimate of drug-likeness (QED) is 0.269. The van der Waals surface area contributed by atoms with Gasteiger partial charge < -0.3 is 9.57 Å². The van der Waals surface area contributed by atoms with E-state index in [1.165, 1.54) is 13.3 Å². The van der Waals surface area contributed by atoms with Crippen LogP contribution in [0.4, 0.5) is 17.6 Å². The lowest BCUT2D eigenvalue weighted by Crippen LogP contribution is -2.14. The lowest BCUT2D eigenvalue weighted by molar-refractivity contribution is -0.147. The van der Waals surface area contributed by atoms with Crippen LogP contribution < -0.4 is 0 Å². The maximum absolute atomic E-state index is 13.8. The van der Waals surface area contributed by atoms with Gasteiger partial charge in [-0.3, -0.25) is 4.79 Å². The fourth-order valence-electron chi connectivity index (χ4n) is 2.68. The smallest absolute Gasteiger partial charge is 0.310 e. The van der Waals surface area contributed by atoms with E-state index in [1.807, 2.05) is 0 Å². The van der Waals surface area contributed by atoms with Crippen molar-refractivity contribution in [3.63, 3.8) is 0 Å². The maximum Gasteiger partial charge on any atom is 0.310 e. The standard InChI is InChI=1S/C16H17F4NO3/c1-7-11(17)13(19)8(14(20)12(7)18)6-24-15(22)10-9(5-21-23-4)16(10,2)3/h5,9-10H,6H2,1-4H3/b21-5-/t9-,10+/m1/s1. The molecule has 1 aliphatic rings. The van der Waals surface area contributed by atoms with Crippen LogP contribution in [-0.4, -0.2) is 19.3 Å². The number of oxime groups is 1. The Kier molecular flexibility index (Phi) is 4.87. The Labute approximate surface area is 136 Å². The normalized spacial score (nSPS) is 21.8. The van der Waals surface area contributed by atoms with Crippen LogP contribution in [0.2, 0.25) is 0 Å². The van der Waals surface area contributed by atoms with E-state index in [-0.39, 0.29) is 5.92 Å². The highest BCUT2D eigenvalue weighted by molar-refractivity contribution is 5.85. The van der Waals surface area contributed by atoms with Crippen LogP contribution in [0.25, 0.3) is 0 Å². The number of hydrogen-bond donors (Lipinski definition) is 0. The van der Waals surface area contributed by atoms with Gasteiger partial charge in [0.25, 0.3) is 0 Å². The highest BCUT2D eigenvalue weighted by Crippen LogP contribution is 2.57. The van der Waals surface area contributed by atoms with Crippen LogP contribution in [0.1, 0.15) is 25.0 Å². The van der Waals surface area contributed by atoms with Crippen molar-refractivity contribution in [3.05, 3.63) is 34.4 Å². The van der Waals surface area contributed by atoms with E-state index in [0.717, 1.165) is 6.92 Å². The fraction of sp³-hybridized carbons (Fsp3) is 0.500. The number of benzene rings is 1. The van der Waals surface area contributed by atoms with Crippen molar-refractivity contribution in [2.45, 2.75) is 27.4 Å². The van der Waals surface area contributed by atoms with Gasteiger partial charge in [-0.1, -0.05) is 19.0 Å². The monoisotopic (exact) mass is 347 g/mol. The van der Waals surface area contributed by atoms with Crippen molar-refractivity contribution in [2.75, 3.05) is 7.11 Å². The first kappa shape index (κ1) is 18.2. The predicted molar refractivity (Wildman–Crippen MR) is 77.1 cm³/mol. The largest absolute Gasteiger partial charge is 0.460 e. The molecule has 0 unspecified atom stereocenters. The molecule has 2 atom stereocenters. The number of rotatable bonds is 5. The molecule has 0 radical (unpaired) electrons. The van der Waals surface area contributed by atoms with Crippen LogP contribution in [0.3, 0.4) is 0 Å². The van der Waals surface area contributed by atoms with Crippen molar-refractivity contribution < 1.29 is 31.9 Å². The minimum atomic E-state index is -1.56. The average molecular weight is 347 g/mol. The molecular formula is C16H17F4NO3. The number of esters is 1. The van der Waals surface area contributed by atoms with Gasteiger partial charge in [-0.25, -0.2) is 17.6 Å². The molecule has 1 aromatic rings. The van der Waals surface area contributed by atoms with E-state index < -0.39 is 58.3 Å². The summed E-state index contributed by atoms with van der Waals surface area (Å²) in [6.45, 7) is 3.60. The number of hydrogen-bond acceptors (Lipinski definition) is 4. The Bertz CT molecular complexity index is 674. The molecule has 1 aliphatic carbocycles. The van der Waals surface area contributed by atoms with Gasteiger partial charge in [0.15, 0.2) is 23.3 Å². The molecule has 0 bridgehead atoms. The predicted octanol–water partition coefficient (Wildman–Crippen LogP) is 3.50. The molecule has 0 saturated heterocycles. The lowest BCUT2D eigenvalue weighted by atomic mass is 10.1. The van der Waals surface area contributed by atoms with Gasteiger partial charge in [0.1, 0.15) is 13.7 Å². The van der Waals surface area contributed by atoms with Crippen LogP contribution in [0.15, 0.2) is 5.16 Å². The van der Waals surface area contributed by atoms with Gasteiger partial charge in [-0.05, 0) is 12.3 Å². The van der Waals surface area contributed by atoms with Crippen LogP contribution >= 0.6 is 0 Å². The highest BCUT2D eigenvalue weighted by Gasteiger charge is 2.62. The summed E-state index contributed by atoms with van der Waals surface area (Å²) in [7, 11) is 1.35. The summed E-state index contributed by atoms with van der Waals surface area (Å²) in [6, 6.07) is 0. The number of nitrogens with zero attached hydrogens (tertiary/aromatic N) is 1. The summed E-state index contributed by atoms with van der Waals surface area (Å²) in [4.78, 5) is 16.6. The molecule has 0 N–H and O–H groups in total. The first-order chi connectivity index (χ1) is 11.1. The molecule has 4 nitrogen and oxygen atoms in total. The van der Waals surface area contributed by atoms with Gasteiger partial charge in [0.2, 0.25) is 0 Å². The van der Waals surface area contributed by atoms with Gasteiger partial charge in [-0.15, -0.1) is 0 Å². The molecule has 8 heteroatoms. The van der Waals surface area contributed by atoms with E-state index >= 15 is 0 Å². The van der Waals surface area contributed by atoms with Crippen LogP contribution in [0.5, 0.6) is 0 Å². The minimum absolute atomic E-state index is 0.258. The fourth-order valence-corrected chi connectivity index (χ4v) is 2.68. The van der Waals surface area contributed by atoms with E-state index in [0.29, 0.717) is 0 Å². The molecule has 0 heterocycles. The zero-order chi connectivity index (χ0) is 18.2. The van der Waals surface area contributed by atoms with E-state index in [4.69, 9.17) is 4.74 Å².